The predicted molar refractivity (Wildman–Crippen MR) is 69.6 cm³/mol. The van der Waals surface area contributed by atoms with Gasteiger partial charge >= 0.3 is 0 Å². The molecule has 1 N–H and O–H groups in total. The minimum Gasteiger partial charge on any atom is -0.393 e. The third-order valence-corrected chi connectivity index (χ3v) is 4.04. The first-order chi connectivity index (χ1) is 7.60. The molecule has 3 atom stereocenters. The van der Waals surface area contributed by atoms with E-state index in [0.717, 1.165) is 25.3 Å². The monoisotopic (exact) mass is 227 g/mol. The largest absolute Gasteiger partial charge is 0.393 e. The number of hydrogen-bond acceptors (Lipinski definition) is 2. The minimum absolute atomic E-state index is 0.0640. The Morgan fingerprint density at radius 1 is 1.25 bits per heavy atom. The van der Waals surface area contributed by atoms with Crippen LogP contribution in [0.5, 0.6) is 0 Å². The molecule has 0 spiro atoms. The van der Waals surface area contributed by atoms with Crippen molar-refractivity contribution in [2.45, 2.75) is 78.0 Å². The molecule has 0 aliphatic heterocycles. The van der Waals surface area contributed by atoms with Crippen LogP contribution in [-0.2, 0) is 0 Å². The summed E-state index contributed by atoms with van der Waals surface area (Å²) < 4.78 is 0. The smallest absolute Gasteiger partial charge is 0.0555 e. The molecular formula is C14H29NO. The average molecular weight is 227 g/mol. The number of aliphatic hydroxyl groups excluding tert-OH is 1. The zero-order valence-corrected chi connectivity index (χ0v) is 11.4. The lowest BCUT2D eigenvalue weighted by Crippen LogP contribution is -2.48. The molecule has 0 radical (unpaired) electrons. The van der Waals surface area contributed by atoms with E-state index in [0.29, 0.717) is 12.1 Å². The van der Waals surface area contributed by atoms with Crippen molar-refractivity contribution in [3.05, 3.63) is 0 Å². The molecule has 3 unspecified atom stereocenters. The molecule has 0 saturated heterocycles. The Kier molecular flexibility index (Phi) is 5.77. The zero-order chi connectivity index (χ0) is 12.1. The molecule has 1 rings (SSSR count). The van der Waals surface area contributed by atoms with Gasteiger partial charge in [-0.3, -0.25) is 4.90 Å². The molecule has 2 heteroatoms. The Morgan fingerprint density at radius 2 is 1.94 bits per heavy atom. The predicted octanol–water partition coefficient (Wildman–Crippen LogP) is 3.05. The first kappa shape index (κ1) is 14.0. The standard InChI is InChI=1S/C14H29NO/c1-5-7-12-8-9-13(16)10-14(12)15(6-2)11(3)4/h11-14,16H,5-10H2,1-4H3. The summed E-state index contributed by atoms with van der Waals surface area (Å²) in [6.07, 6.45) is 5.73. The summed E-state index contributed by atoms with van der Waals surface area (Å²) in [5.41, 5.74) is 0. The number of nitrogens with zero attached hydrogens (tertiary/aromatic N) is 1. The Hall–Kier alpha value is -0.0800. The second-order valence-electron chi connectivity index (χ2n) is 5.51. The highest BCUT2D eigenvalue weighted by Gasteiger charge is 2.33. The van der Waals surface area contributed by atoms with E-state index in [1.807, 2.05) is 0 Å². The minimum atomic E-state index is -0.0640. The summed E-state index contributed by atoms with van der Waals surface area (Å²) in [4.78, 5) is 2.57. The molecule has 1 aliphatic carbocycles. The molecule has 0 bridgehead atoms. The Balaban J connectivity index is 2.68. The fourth-order valence-electron chi connectivity index (χ4n) is 3.28. The normalized spacial score (nSPS) is 31.3. The maximum atomic E-state index is 9.87. The van der Waals surface area contributed by atoms with Crippen molar-refractivity contribution in [1.82, 2.24) is 4.90 Å². The maximum absolute atomic E-state index is 9.87. The van der Waals surface area contributed by atoms with Crippen LogP contribution in [0.3, 0.4) is 0 Å². The first-order valence-electron chi connectivity index (χ1n) is 7.03. The van der Waals surface area contributed by atoms with Gasteiger partial charge in [0.1, 0.15) is 0 Å². The lowest BCUT2D eigenvalue weighted by atomic mass is 9.79. The first-order valence-corrected chi connectivity index (χ1v) is 7.03. The van der Waals surface area contributed by atoms with E-state index in [1.54, 1.807) is 0 Å². The maximum Gasteiger partial charge on any atom is 0.0555 e. The topological polar surface area (TPSA) is 23.5 Å². The van der Waals surface area contributed by atoms with Crippen molar-refractivity contribution in [2.24, 2.45) is 5.92 Å². The van der Waals surface area contributed by atoms with Crippen molar-refractivity contribution in [2.75, 3.05) is 6.54 Å². The third-order valence-electron chi connectivity index (χ3n) is 4.04. The Labute approximate surface area is 101 Å². The van der Waals surface area contributed by atoms with Gasteiger partial charge in [0.05, 0.1) is 6.10 Å². The van der Waals surface area contributed by atoms with Crippen LogP contribution in [0.15, 0.2) is 0 Å². The van der Waals surface area contributed by atoms with E-state index in [4.69, 9.17) is 0 Å². The van der Waals surface area contributed by atoms with E-state index < -0.39 is 0 Å². The van der Waals surface area contributed by atoms with E-state index in [9.17, 15) is 5.11 Å². The van der Waals surface area contributed by atoms with E-state index >= 15 is 0 Å². The summed E-state index contributed by atoms with van der Waals surface area (Å²) in [5, 5.41) is 9.87. The van der Waals surface area contributed by atoms with Crippen LogP contribution in [0, 0.1) is 5.92 Å². The summed E-state index contributed by atoms with van der Waals surface area (Å²) in [7, 11) is 0. The lowest BCUT2D eigenvalue weighted by Gasteiger charge is -2.43. The third kappa shape index (κ3) is 3.46. The Morgan fingerprint density at radius 3 is 2.44 bits per heavy atom. The molecule has 1 fully saturated rings. The van der Waals surface area contributed by atoms with E-state index in [-0.39, 0.29) is 6.10 Å². The van der Waals surface area contributed by atoms with Crippen molar-refractivity contribution in [3.63, 3.8) is 0 Å². The average Bonchev–Trinajstić information content (AvgIpc) is 2.22. The molecule has 0 heterocycles. The number of hydrogen-bond donors (Lipinski definition) is 1. The molecular weight excluding hydrogens is 198 g/mol. The van der Waals surface area contributed by atoms with Crippen LogP contribution in [0.1, 0.15) is 59.8 Å². The molecule has 16 heavy (non-hydrogen) atoms. The van der Waals surface area contributed by atoms with Gasteiger partial charge < -0.3 is 5.11 Å². The molecule has 96 valence electrons. The van der Waals surface area contributed by atoms with Gasteiger partial charge in [-0.15, -0.1) is 0 Å². The second-order valence-corrected chi connectivity index (χ2v) is 5.51. The molecule has 1 aliphatic rings. The fourth-order valence-corrected chi connectivity index (χ4v) is 3.28. The zero-order valence-electron chi connectivity index (χ0n) is 11.4. The number of aliphatic hydroxyl groups is 1. The van der Waals surface area contributed by atoms with Crippen LogP contribution in [0.4, 0.5) is 0 Å². The molecule has 1 saturated carbocycles. The number of rotatable bonds is 5. The van der Waals surface area contributed by atoms with Crippen molar-refractivity contribution in [1.29, 1.82) is 0 Å². The van der Waals surface area contributed by atoms with Gasteiger partial charge in [0.2, 0.25) is 0 Å². The van der Waals surface area contributed by atoms with Gasteiger partial charge in [-0.05, 0) is 52.0 Å². The highest BCUT2D eigenvalue weighted by molar-refractivity contribution is 4.87. The summed E-state index contributed by atoms with van der Waals surface area (Å²) in [6, 6.07) is 1.20. The lowest BCUT2D eigenvalue weighted by molar-refractivity contribution is 0.0127. The summed E-state index contributed by atoms with van der Waals surface area (Å²) >= 11 is 0. The van der Waals surface area contributed by atoms with Crippen molar-refractivity contribution in [3.8, 4) is 0 Å². The van der Waals surface area contributed by atoms with Crippen molar-refractivity contribution < 1.29 is 5.11 Å². The van der Waals surface area contributed by atoms with E-state index in [2.05, 4.69) is 32.6 Å². The second kappa shape index (κ2) is 6.61. The van der Waals surface area contributed by atoms with Gasteiger partial charge in [-0.25, -0.2) is 0 Å². The van der Waals surface area contributed by atoms with Crippen LogP contribution in [-0.4, -0.2) is 34.7 Å². The fraction of sp³-hybridized carbons (Fsp3) is 1.00. The highest BCUT2D eigenvalue weighted by Crippen LogP contribution is 2.32. The van der Waals surface area contributed by atoms with Gasteiger partial charge in [0.25, 0.3) is 0 Å². The van der Waals surface area contributed by atoms with E-state index in [1.165, 1.54) is 19.3 Å². The SMILES string of the molecule is CCCC1CCC(O)CC1N(CC)C(C)C. The molecule has 0 aromatic carbocycles. The van der Waals surface area contributed by atoms with Gasteiger partial charge in [-0.1, -0.05) is 20.3 Å². The van der Waals surface area contributed by atoms with Crippen molar-refractivity contribution >= 4 is 0 Å². The Bertz CT molecular complexity index is 193. The highest BCUT2D eigenvalue weighted by atomic mass is 16.3. The van der Waals surface area contributed by atoms with Crippen LogP contribution < -0.4 is 0 Å². The molecule has 0 amide bonds. The summed E-state index contributed by atoms with van der Waals surface area (Å²) in [6.45, 7) is 10.2. The van der Waals surface area contributed by atoms with Gasteiger partial charge in [0, 0.05) is 12.1 Å². The van der Waals surface area contributed by atoms with Gasteiger partial charge in [-0.2, -0.15) is 0 Å². The molecule has 0 aromatic heterocycles. The molecule has 2 nitrogen and oxygen atoms in total. The van der Waals surface area contributed by atoms with Crippen LogP contribution >= 0.6 is 0 Å². The van der Waals surface area contributed by atoms with Gasteiger partial charge in [0.15, 0.2) is 0 Å². The van der Waals surface area contributed by atoms with Crippen LogP contribution in [0.2, 0.25) is 0 Å². The molecule has 0 aromatic rings. The summed E-state index contributed by atoms with van der Waals surface area (Å²) in [5.74, 6) is 0.802. The van der Waals surface area contributed by atoms with Crippen LogP contribution in [0.25, 0.3) is 0 Å². The quantitative estimate of drug-likeness (QED) is 0.780.